The second-order valence-electron chi connectivity index (χ2n) is 9.98. The van der Waals surface area contributed by atoms with Gasteiger partial charge in [0.2, 0.25) is 0 Å². The molecule has 1 aromatic rings. The zero-order chi connectivity index (χ0) is 19.8. The summed E-state index contributed by atoms with van der Waals surface area (Å²) >= 11 is 0. The minimum absolute atomic E-state index is 0.00603. The Kier molecular flexibility index (Phi) is 5.52. The number of hydrogen-bond donors (Lipinski definition) is 3. The van der Waals surface area contributed by atoms with E-state index in [2.05, 4.69) is 64.4 Å². The van der Waals surface area contributed by atoms with E-state index in [-0.39, 0.29) is 22.5 Å². The minimum atomic E-state index is -0.612. The fourth-order valence-corrected chi connectivity index (χ4v) is 4.11. The van der Waals surface area contributed by atoms with Crippen molar-refractivity contribution in [3.8, 4) is 0 Å². The van der Waals surface area contributed by atoms with Gasteiger partial charge in [0, 0.05) is 24.6 Å². The van der Waals surface area contributed by atoms with Gasteiger partial charge in [0.15, 0.2) is 0 Å². The smallest absolute Gasteiger partial charge is 0.313 e. The van der Waals surface area contributed by atoms with Crippen molar-refractivity contribution >= 4 is 17.5 Å². The maximum Gasteiger partial charge on any atom is 0.313 e. The lowest BCUT2D eigenvalue weighted by Gasteiger charge is -2.43. The number of piperidine rings is 1. The fourth-order valence-electron chi connectivity index (χ4n) is 4.11. The van der Waals surface area contributed by atoms with E-state index in [1.807, 2.05) is 24.3 Å². The Morgan fingerprint density at radius 2 is 1.46 bits per heavy atom. The van der Waals surface area contributed by atoms with Gasteiger partial charge in [0.05, 0.1) is 11.1 Å². The Bertz CT molecular complexity index is 653. The summed E-state index contributed by atoms with van der Waals surface area (Å²) in [5.74, 6) is -1.18. The molecule has 4 N–H and O–H groups in total. The lowest BCUT2D eigenvalue weighted by molar-refractivity contribution is -0.787. The van der Waals surface area contributed by atoms with Gasteiger partial charge in [-0.05, 0) is 50.8 Å². The van der Waals surface area contributed by atoms with Gasteiger partial charge in [0.25, 0.3) is 0 Å². The highest BCUT2D eigenvalue weighted by atomic mass is 16.2. The number of carbonyl (C=O) groups is 2. The van der Waals surface area contributed by atoms with E-state index in [0.29, 0.717) is 5.69 Å². The Labute approximate surface area is 157 Å². The van der Waals surface area contributed by atoms with Gasteiger partial charge >= 0.3 is 11.8 Å². The Morgan fingerprint density at radius 1 is 0.962 bits per heavy atom. The second kappa shape index (κ2) is 7.03. The molecule has 0 radical (unpaired) electrons. The molecule has 0 aliphatic carbocycles. The van der Waals surface area contributed by atoms with Gasteiger partial charge in [-0.1, -0.05) is 32.9 Å². The molecule has 144 valence electrons. The molecule has 0 aromatic heterocycles. The molecule has 2 amide bonds. The van der Waals surface area contributed by atoms with Crippen molar-refractivity contribution in [2.45, 2.75) is 83.8 Å². The van der Waals surface area contributed by atoms with Crippen LogP contribution >= 0.6 is 0 Å². The lowest BCUT2D eigenvalue weighted by Crippen LogP contribution is -3.06. The molecule has 5 heteroatoms. The van der Waals surface area contributed by atoms with E-state index in [1.165, 1.54) is 5.56 Å². The molecule has 1 saturated heterocycles. The number of amides is 2. The lowest BCUT2D eigenvalue weighted by atomic mass is 9.79. The van der Waals surface area contributed by atoms with E-state index < -0.39 is 11.8 Å². The molecular formula is C21H34N3O2+. The predicted molar refractivity (Wildman–Crippen MR) is 105 cm³/mol. The monoisotopic (exact) mass is 360 g/mol. The molecule has 1 fully saturated rings. The number of benzene rings is 1. The summed E-state index contributed by atoms with van der Waals surface area (Å²) in [5, 5.41) is 7.95. The molecular weight excluding hydrogens is 326 g/mol. The Hall–Kier alpha value is -1.88. The van der Waals surface area contributed by atoms with Crippen LogP contribution < -0.4 is 16.0 Å². The Morgan fingerprint density at radius 3 is 1.92 bits per heavy atom. The van der Waals surface area contributed by atoms with E-state index >= 15 is 0 Å². The molecule has 1 aromatic carbocycles. The molecule has 1 heterocycles. The summed E-state index contributed by atoms with van der Waals surface area (Å²) in [4.78, 5) is 24.6. The van der Waals surface area contributed by atoms with Crippen LogP contribution in [-0.4, -0.2) is 28.9 Å². The fraction of sp³-hybridized carbons (Fsp3) is 0.619. The number of nitrogens with two attached hydrogens (primary N) is 1. The molecule has 26 heavy (non-hydrogen) atoms. The van der Waals surface area contributed by atoms with Crippen molar-refractivity contribution < 1.29 is 14.9 Å². The van der Waals surface area contributed by atoms with Crippen molar-refractivity contribution in [3.63, 3.8) is 0 Å². The molecule has 0 atom stereocenters. The quantitative estimate of drug-likeness (QED) is 0.708. The third-order valence-electron chi connectivity index (χ3n) is 4.88. The van der Waals surface area contributed by atoms with Crippen molar-refractivity contribution in [2.75, 3.05) is 5.32 Å². The van der Waals surface area contributed by atoms with Crippen molar-refractivity contribution in [1.29, 1.82) is 0 Å². The summed E-state index contributed by atoms with van der Waals surface area (Å²) in [6.07, 6.45) is 1.69. The van der Waals surface area contributed by atoms with Crippen LogP contribution in [0.2, 0.25) is 0 Å². The van der Waals surface area contributed by atoms with Gasteiger partial charge in [-0.3, -0.25) is 9.59 Å². The molecule has 0 spiro atoms. The number of rotatable bonds is 2. The van der Waals surface area contributed by atoms with Crippen LogP contribution in [0, 0.1) is 0 Å². The molecule has 0 unspecified atom stereocenters. The highest BCUT2D eigenvalue weighted by Gasteiger charge is 2.42. The van der Waals surface area contributed by atoms with Crippen molar-refractivity contribution in [3.05, 3.63) is 29.8 Å². The number of quaternary nitrogens is 1. The van der Waals surface area contributed by atoms with Gasteiger partial charge in [0.1, 0.15) is 0 Å². The SMILES string of the molecule is CC1(C)CC(NC(=O)C(=O)Nc2ccc(C(C)(C)C)cc2)CC(C)(C)[NH2+]1. The predicted octanol–water partition coefficient (Wildman–Crippen LogP) is 2.32. The van der Waals surface area contributed by atoms with E-state index in [4.69, 9.17) is 0 Å². The van der Waals surface area contributed by atoms with Crippen LogP contribution in [-0.2, 0) is 15.0 Å². The number of hydrogen-bond acceptors (Lipinski definition) is 2. The van der Waals surface area contributed by atoms with Crippen LogP contribution in [0.4, 0.5) is 5.69 Å². The highest BCUT2D eigenvalue weighted by molar-refractivity contribution is 6.39. The number of anilines is 1. The molecule has 1 aliphatic rings. The molecule has 1 aliphatic heterocycles. The summed E-state index contributed by atoms with van der Waals surface area (Å²) in [6, 6.07) is 7.65. The van der Waals surface area contributed by atoms with Crippen molar-refractivity contribution in [1.82, 2.24) is 5.32 Å². The molecule has 2 rings (SSSR count). The van der Waals surface area contributed by atoms with E-state index in [0.717, 1.165) is 12.8 Å². The highest BCUT2D eigenvalue weighted by Crippen LogP contribution is 2.24. The third-order valence-corrected chi connectivity index (χ3v) is 4.88. The maximum atomic E-state index is 12.3. The summed E-state index contributed by atoms with van der Waals surface area (Å²) in [6.45, 7) is 15.1. The first kappa shape index (κ1) is 20.4. The maximum absolute atomic E-state index is 12.3. The van der Waals surface area contributed by atoms with Crippen LogP contribution in [0.3, 0.4) is 0 Å². The summed E-state index contributed by atoms with van der Waals surface area (Å²) < 4.78 is 0. The first-order valence-corrected chi connectivity index (χ1v) is 9.37. The second-order valence-corrected chi connectivity index (χ2v) is 9.98. The molecule has 5 nitrogen and oxygen atoms in total. The molecule has 0 saturated carbocycles. The van der Waals surface area contributed by atoms with Gasteiger partial charge in [-0.15, -0.1) is 0 Å². The third kappa shape index (κ3) is 5.56. The average Bonchev–Trinajstić information content (AvgIpc) is 2.43. The zero-order valence-corrected chi connectivity index (χ0v) is 17.2. The van der Waals surface area contributed by atoms with E-state index in [1.54, 1.807) is 0 Å². The average molecular weight is 361 g/mol. The standard InChI is InChI=1S/C21H33N3O2/c1-19(2,3)14-8-10-15(11-9-14)22-17(25)18(26)23-16-12-20(4,5)24-21(6,7)13-16/h8-11,16,24H,12-13H2,1-7H3,(H,22,25)(H,23,26)/p+1. The normalized spacial score (nSPS) is 19.7. The van der Waals surface area contributed by atoms with Crippen molar-refractivity contribution in [2.24, 2.45) is 0 Å². The minimum Gasteiger partial charge on any atom is -0.345 e. The van der Waals surface area contributed by atoms with Crippen LogP contribution in [0.25, 0.3) is 0 Å². The van der Waals surface area contributed by atoms with Crippen LogP contribution in [0.5, 0.6) is 0 Å². The topological polar surface area (TPSA) is 74.8 Å². The van der Waals surface area contributed by atoms with Gasteiger partial charge < -0.3 is 16.0 Å². The van der Waals surface area contributed by atoms with Crippen LogP contribution in [0.1, 0.15) is 66.9 Å². The zero-order valence-electron chi connectivity index (χ0n) is 17.2. The largest absolute Gasteiger partial charge is 0.345 e. The van der Waals surface area contributed by atoms with Crippen LogP contribution in [0.15, 0.2) is 24.3 Å². The van der Waals surface area contributed by atoms with Gasteiger partial charge in [-0.2, -0.15) is 0 Å². The molecule has 0 bridgehead atoms. The summed E-state index contributed by atoms with van der Waals surface area (Å²) in [7, 11) is 0. The van der Waals surface area contributed by atoms with Gasteiger partial charge in [-0.25, -0.2) is 0 Å². The Balaban J connectivity index is 1.96. The summed E-state index contributed by atoms with van der Waals surface area (Å²) in [5.41, 5.74) is 1.95. The number of carbonyl (C=O) groups excluding carboxylic acids is 2. The first-order chi connectivity index (χ1) is 11.8. The number of nitrogens with one attached hydrogen (secondary N) is 2. The van der Waals surface area contributed by atoms with E-state index in [9.17, 15) is 9.59 Å². The first-order valence-electron chi connectivity index (χ1n) is 9.37.